The number of halogens is 3. The van der Waals surface area contributed by atoms with Gasteiger partial charge in [-0.15, -0.1) is 0 Å². The van der Waals surface area contributed by atoms with Crippen LogP contribution in [0.4, 0.5) is 0 Å². The number of aromatic hydroxyl groups is 1. The Morgan fingerprint density at radius 2 is 1.54 bits per heavy atom. The second kappa shape index (κ2) is 12.5. The van der Waals surface area contributed by atoms with Crippen molar-refractivity contribution in [2.75, 3.05) is 6.54 Å². The van der Waals surface area contributed by atoms with Crippen molar-refractivity contribution in [2.24, 2.45) is 0 Å². The number of rotatable bonds is 9. The minimum Gasteiger partial charge on any atom is -0.507 e. The number of nitriles is 1. The van der Waals surface area contributed by atoms with Gasteiger partial charge in [-0.25, -0.2) is 8.42 Å². The number of hydrogen-bond donors (Lipinski definition) is 3. The highest BCUT2D eigenvalue weighted by Crippen LogP contribution is 2.43. The normalized spacial score (nSPS) is 13.5. The van der Waals surface area contributed by atoms with Crippen LogP contribution in [0.1, 0.15) is 37.9 Å². The molecule has 11 heteroatoms. The number of hydrogen-bond acceptors (Lipinski definition) is 6. The Labute approximate surface area is 252 Å². The van der Waals surface area contributed by atoms with Crippen LogP contribution in [0.2, 0.25) is 15.1 Å². The van der Waals surface area contributed by atoms with Gasteiger partial charge in [0.15, 0.2) is 9.84 Å². The monoisotopic (exact) mass is 628 g/mol. The molecule has 0 aliphatic carbocycles. The quantitative estimate of drug-likeness (QED) is 0.202. The fourth-order valence-corrected chi connectivity index (χ4v) is 7.20. The molecule has 3 N–H and O–H groups in total. The number of carbonyl (C=O) groups excluding carboxylic acids is 1. The third-order valence-electron chi connectivity index (χ3n) is 6.50. The van der Waals surface area contributed by atoms with Crippen LogP contribution in [0, 0.1) is 11.3 Å². The highest BCUT2D eigenvalue weighted by atomic mass is 35.5. The predicted molar refractivity (Wildman–Crippen MR) is 159 cm³/mol. The van der Waals surface area contributed by atoms with Gasteiger partial charge in [0, 0.05) is 10.0 Å². The van der Waals surface area contributed by atoms with Gasteiger partial charge < -0.3 is 15.5 Å². The van der Waals surface area contributed by atoms with Crippen molar-refractivity contribution in [3.05, 3.63) is 134 Å². The number of phenols is 1. The smallest absolute Gasteiger partial charge is 0.255 e. The van der Waals surface area contributed by atoms with Crippen LogP contribution in [0.3, 0.4) is 0 Å². The lowest BCUT2D eigenvalue weighted by atomic mass is 9.86. The summed E-state index contributed by atoms with van der Waals surface area (Å²) in [4.78, 5) is 13.0. The lowest BCUT2D eigenvalue weighted by Crippen LogP contribution is -2.47. The highest BCUT2D eigenvalue weighted by molar-refractivity contribution is 7.91. The van der Waals surface area contributed by atoms with Crippen molar-refractivity contribution in [3.8, 4) is 11.8 Å². The standard InChI is InChI=1S/C30H23Cl3N2O5S/c31-23-11-5-19(6-12-23)17-41(39,40)28(20-7-8-21(16-34)26(33)15-20)30(38,22-9-13-24(32)14-10-22)18-35-29(37)25-3-1-2-4-27(25)36/h1-15,28,36,38H,17-18H2,(H,35,37). The van der Waals surface area contributed by atoms with Gasteiger partial charge in [0.25, 0.3) is 5.91 Å². The maximum absolute atomic E-state index is 14.2. The van der Waals surface area contributed by atoms with E-state index in [2.05, 4.69) is 5.32 Å². The van der Waals surface area contributed by atoms with E-state index in [1.165, 1.54) is 54.6 Å². The van der Waals surface area contributed by atoms with Crippen LogP contribution in [-0.2, 0) is 21.2 Å². The molecule has 0 aromatic heterocycles. The summed E-state index contributed by atoms with van der Waals surface area (Å²) in [7, 11) is -4.28. The largest absolute Gasteiger partial charge is 0.507 e. The molecular weight excluding hydrogens is 607 g/mol. The molecule has 210 valence electrons. The van der Waals surface area contributed by atoms with Crippen LogP contribution >= 0.6 is 34.8 Å². The van der Waals surface area contributed by atoms with Gasteiger partial charge in [-0.2, -0.15) is 5.26 Å². The number of phenolic OH excluding ortho intramolecular Hbond substituents is 1. The van der Waals surface area contributed by atoms with Crippen LogP contribution in [-0.4, -0.2) is 31.1 Å². The van der Waals surface area contributed by atoms with Crippen LogP contribution in [0.25, 0.3) is 0 Å². The number of nitrogens with zero attached hydrogens (tertiary/aromatic N) is 1. The molecule has 41 heavy (non-hydrogen) atoms. The molecule has 0 fully saturated rings. The summed E-state index contributed by atoms with van der Waals surface area (Å²) in [5, 5.41) is 33.6. The Hall–Kier alpha value is -3.58. The van der Waals surface area contributed by atoms with E-state index in [0.29, 0.717) is 15.6 Å². The Bertz CT molecular complexity index is 1720. The summed E-state index contributed by atoms with van der Waals surface area (Å²) in [6.45, 7) is -0.579. The number of carbonyl (C=O) groups is 1. The molecule has 0 saturated carbocycles. The number of para-hydroxylation sites is 1. The minimum absolute atomic E-state index is 0.00612. The topological polar surface area (TPSA) is 127 Å². The first kappa shape index (κ1) is 30.4. The van der Waals surface area contributed by atoms with E-state index in [4.69, 9.17) is 34.8 Å². The molecule has 0 radical (unpaired) electrons. The van der Waals surface area contributed by atoms with E-state index in [-0.39, 0.29) is 33.0 Å². The third-order valence-corrected chi connectivity index (χ3v) is 9.43. The number of aliphatic hydroxyl groups is 1. The van der Waals surface area contributed by atoms with Gasteiger partial charge in [-0.1, -0.05) is 77.3 Å². The molecule has 0 aliphatic heterocycles. The summed E-state index contributed by atoms with van der Waals surface area (Å²) in [6.07, 6.45) is 0. The van der Waals surface area contributed by atoms with E-state index in [0.717, 1.165) is 0 Å². The zero-order valence-corrected chi connectivity index (χ0v) is 24.3. The van der Waals surface area contributed by atoms with E-state index in [1.54, 1.807) is 36.4 Å². The maximum atomic E-state index is 14.2. The third kappa shape index (κ3) is 6.84. The molecule has 0 spiro atoms. The highest BCUT2D eigenvalue weighted by Gasteiger charge is 2.48. The van der Waals surface area contributed by atoms with Crippen molar-refractivity contribution in [2.45, 2.75) is 16.6 Å². The molecule has 2 unspecified atom stereocenters. The SMILES string of the molecule is N#Cc1ccc(C(C(O)(CNC(=O)c2ccccc2O)c2ccc(Cl)cc2)S(=O)(=O)Cc2ccc(Cl)cc2)cc1Cl. The fraction of sp³-hybridized carbons (Fsp3) is 0.133. The molecular formula is C30H23Cl3N2O5S. The fourth-order valence-electron chi connectivity index (χ4n) is 4.52. The van der Waals surface area contributed by atoms with Gasteiger partial charge in [0.1, 0.15) is 22.7 Å². The minimum atomic E-state index is -4.28. The van der Waals surface area contributed by atoms with E-state index in [9.17, 15) is 28.7 Å². The zero-order valence-electron chi connectivity index (χ0n) is 21.3. The van der Waals surface area contributed by atoms with Crippen molar-refractivity contribution >= 4 is 50.5 Å². The summed E-state index contributed by atoms with van der Waals surface area (Å²) in [5.74, 6) is -1.51. The number of amides is 1. The Balaban J connectivity index is 1.88. The van der Waals surface area contributed by atoms with E-state index < -0.39 is 38.9 Å². The molecule has 0 saturated heterocycles. The lowest BCUT2D eigenvalue weighted by Gasteiger charge is -2.37. The van der Waals surface area contributed by atoms with Crippen LogP contribution in [0.5, 0.6) is 5.75 Å². The summed E-state index contributed by atoms with van der Waals surface area (Å²) >= 11 is 18.4. The van der Waals surface area contributed by atoms with Crippen molar-refractivity contribution in [3.63, 3.8) is 0 Å². The second-order valence-corrected chi connectivity index (χ2v) is 12.7. The molecule has 0 heterocycles. The van der Waals surface area contributed by atoms with Crippen LogP contribution in [0.15, 0.2) is 91.0 Å². The van der Waals surface area contributed by atoms with Gasteiger partial charge >= 0.3 is 0 Å². The first-order chi connectivity index (χ1) is 19.4. The predicted octanol–water partition coefficient (Wildman–Crippen LogP) is 6.20. The summed E-state index contributed by atoms with van der Waals surface area (Å²) in [5.41, 5.74) is -1.56. The van der Waals surface area contributed by atoms with Gasteiger partial charge in [0.05, 0.1) is 28.4 Å². The van der Waals surface area contributed by atoms with E-state index in [1.807, 2.05) is 6.07 Å². The Morgan fingerprint density at radius 3 is 2.12 bits per heavy atom. The molecule has 4 aromatic carbocycles. The zero-order chi connectivity index (χ0) is 29.8. The van der Waals surface area contributed by atoms with Crippen molar-refractivity contribution in [1.29, 1.82) is 5.26 Å². The molecule has 4 aromatic rings. The average Bonchev–Trinajstić information content (AvgIpc) is 2.93. The first-order valence-electron chi connectivity index (χ1n) is 12.1. The average molecular weight is 630 g/mol. The number of nitrogens with one attached hydrogen (secondary N) is 1. The van der Waals surface area contributed by atoms with Gasteiger partial charge in [0.2, 0.25) is 0 Å². The van der Waals surface area contributed by atoms with Gasteiger partial charge in [-0.3, -0.25) is 4.79 Å². The molecule has 1 amide bonds. The Kier molecular flexibility index (Phi) is 9.27. The van der Waals surface area contributed by atoms with E-state index >= 15 is 0 Å². The van der Waals surface area contributed by atoms with Crippen molar-refractivity contribution < 1.29 is 23.4 Å². The van der Waals surface area contributed by atoms with Crippen LogP contribution < -0.4 is 5.32 Å². The first-order valence-corrected chi connectivity index (χ1v) is 15.0. The lowest BCUT2D eigenvalue weighted by molar-refractivity contribution is 0.0298. The van der Waals surface area contributed by atoms with Crippen molar-refractivity contribution in [1.82, 2.24) is 5.32 Å². The molecule has 7 nitrogen and oxygen atoms in total. The molecule has 0 bridgehead atoms. The maximum Gasteiger partial charge on any atom is 0.255 e. The summed E-state index contributed by atoms with van der Waals surface area (Å²) in [6, 6.07) is 24.0. The molecule has 2 atom stereocenters. The number of benzene rings is 4. The second-order valence-electron chi connectivity index (χ2n) is 9.30. The van der Waals surface area contributed by atoms with Gasteiger partial charge in [-0.05, 0) is 65.2 Å². The number of sulfone groups is 1. The molecule has 4 rings (SSSR count). The Morgan fingerprint density at radius 1 is 0.927 bits per heavy atom. The molecule has 0 aliphatic rings. The summed E-state index contributed by atoms with van der Waals surface area (Å²) < 4.78 is 28.5.